The van der Waals surface area contributed by atoms with Gasteiger partial charge in [-0.2, -0.15) is 0 Å². The van der Waals surface area contributed by atoms with Crippen molar-refractivity contribution >= 4 is 35.8 Å². The van der Waals surface area contributed by atoms with Crippen molar-refractivity contribution in [2.45, 2.75) is 57.9 Å². The Bertz CT molecular complexity index is 419. The monoisotopic (exact) mass is 434 g/mol. The van der Waals surface area contributed by atoms with Crippen LogP contribution in [0.4, 0.5) is 0 Å². The van der Waals surface area contributed by atoms with Crippen molar-refractivity contribution in [1.29, 1.82) is 0 Å². The smallest absolute Gasteiger partial charge is 0.225 e. The molecule has 3 fully saturated rings. The van der Waals surface area contributed by atoms with Gasteiger partial charge in [-0.1, -0.05) is 12.8 Å². The van der Waals surface area contributed by atoms with Crippen molar-refractivity contribution in [2.75, 3.05) is 26.2 Å². The number of likely N-dealkylation sites (tertiary alicyclic amines) is 1. The van der Waals surface area contributed by atoms with E-state index in [1.54, 1.807) is 0 Å². The summed E-state index contributed by atoms with van der Waals surface area (Å²) in [5, 5.41) is 6.85. The molecule has 2 N–H and O–H groups in total. The number of rotatable bonds is 5. The standard InChI is InChI=1S/C17H30N4O.HI/c1-2-18-17(19-11-13-7-8-13)20-15-9-10-21(12-15)16(22)14-5-3-4-6-14;/h13-15H,2-12H2,1H3,(H2,18,19,20);1H. The summed E-state index contributed by atoms with van der Waals surface area (Å²) in [7, 11) is 0. The molecule has 3 aliphatic rings. The molecule has 0 aromatic heterocycles. The Kier molecular flexibility index (Phi) is 7.43. The Hall–Kier alpha value is -0.530. The van der Waals surface area contributed by atoms with Crippen molar-refractivity contribution in [1.82, 2.24) is 15.5 Å². The van der Waals surface area contributed by atoms with Crippen molar-refractivity contribution in [3.8, 4) is 0 Å². The Labute approximate surface area is 157 Å². The lowest BCUT2D eigenvalue weighted by Crippen LogP contribution is -2.45. The van der Waals surface area contributed by atoms with E-state index in [2.05, 4.69) is 27.4 Å². The average molecular weight is 434 g/mol. The summed E-state index contributed by atoms with van der Waals surface area (Å²) < 4.78 is 0. The first-order chi connectivity index (χ1) is 10.8. The molecule has 1 amide bonds. The van der Waals surface area contributed by atoms with Gasteiger partial charge >= 0.3 is 0 Å². The van der Waals surface area contributed by atoms with Crippen LogP contribution in [0.3, 0.4) is 0 Å². The first kappa shape index (κ1) is 18.8. The second-order valence-electron chi connectivity index (χ2n) is 7.06. The number of nitrogens with zero attached hydrogens (tertiary/aromatic N) is 2. The number of guanidine groups is 1. The summed E-state index contributed by atoms with van der Waals surface area (Å²) in [5.41, 5.74) is 0. The first-order valence-electron chi connectivity index (χ1n) is 9.10. The van der Waals surface area contributed by atoms with Gasteiger partial charge in [0.25, 0.3) is 0 Å². The highest BCUT2D eigenvalue weighted by atomic mass is 127. The number of halogens is 1. The summed E-state index contributed by atoms with van der Waals surface area (Å²) in [6.45, 7) is 5.65. The molecule has 23 heavy (non-hydrogen) atoms. The minimum absolute atomic E-state index is 0. The van der Waals surface area contributed by atoms with E-state index in [-0.39, 0.29) is 24.0 Å². The molecule has 1 saturated heterocycles. The zero-order valence-electron chi connectivity index (χ0n) is 14.2. The topological polar surface area (TPSA) is 56.7 Å². The zero-order valence-corrected chi connectivity index (χ0v) is 16.6. The number of carbonyl (C=O) groups excluding carboxylic acids is 1. The summed E-state index contributed by atoms with van der Waals surface area (Å²) in [6.07, 6.45) is 8.34. The van der Waals surface area contributed by atoms with Crippen LogP contribution in [0.1, 0.15) is 51.9 Å². The molecule has 1 aliphatic heterocycles. The summed E-state index contributed by atoms with van der Waals surface area (Å²) in [6, 6.07) is 0.349. The maximum atomic E-state index is 12.5. The van der Waals surface area contributed by atoms with Crippen LogP contribution in [0.15, 0.2) is 4.99 Å². The second-order valence-corrected chi connectivity index (χ2v) is 7.06. The van der Waals surface area contributed by atoms with E-state index >= 15 is 0 Å². The Morgan fingerprint density at radius 3 is 2.57 bits per heavy atom. The molecule has 5 nitrogen and oxygen atoms in total. The molecule has 0 aromatic carbocycles. The van der Waals surface area contributed by atoms with Gasteiger partial charge in [0.1, 0.15) is 0 Å². The third-order valence-electron chi connectivity index (χ3n) is 5.09. The molecule has 0 radical (unpaired) electrons. The average Bonchev–Trinajstić information content (AvgIpc) is 3.01. The van der Waals surface area contributed by atoms with Crippen molar-refractivity contribution < 1.29 is 4.79 Å². The zero-order chi connectivity index (χ0) is 15.4. The van der Waals surface area contributed by atoms with E-state index < -0.39 is 0 Å². The van der Waals surface area contributed by atoms with Crippen LogP contribution in [0.2, 0.25) is 0 Å². The van der Waals surface area contributed by atoms with Crippen molar-refractivity contribution in [2.24, 2.45) is 16.8 Å². The molecule has 2 saturated carbocycles. The van der Waals surface area contributed by atoms with Gasteiger partial charge in [0, 0.05) is 38.1 Å². The number of hydrogen-bond acceptors (Lipinski definition) is 2. The third kappa shape index (κ3) is 5.50. The van der Waals surface area contributed by atoms with Crippen LogP contribution >= 0.6 is 24.0 Å². The van der Waals surface area contributed by atoms with Gasteiger partial charge in [0.2, 0.25) is 5.91 Å². The molecule has 1 heterocycles. The van der Waals surface area contributed by atoms with Crippen LogP contribution in [0.5, 0.6) is 0 Å². The van der Waals surface area contributed by atoms with E-state index in [1.165, 1.54) is 25.7 Å². The SMILES string of the molecule is CCNC(=NCC1CC1)NC1CCN(C(=O)C2CCCC2)C1.I. The quantitative estimate of drug-likeness (QED) is 0.397. The maximum absolute atomic E-state index is 12.5. The molecule has 2 aliphatic carbocycles. The van der Waals surface area contributed by atoms with E-state index in [0.29, 0.717) is 17.9 Å². The molecule has 0 bridgehead atoms. The van der Waals surface area contributed by atoms with Crippen LogP contribution in [0.25, 0.3) is 0 Å². The Morgan fingerprint density at radius 2 is 1.91 bits per heavy atom. The van der Waals surface area contributed by atoms with Crippen LogP contribution in [-0.4, -0.2) is 49.0 Å². The molecular weight excluding hydrogens is 403 g/mol. The first-order valence-corrected chi connectivity index (χ1v) is 9.10. The fourth-order valence-corrected chi connectivity index (χ4v) is 3.54. The number of aliphatic imine (C=N–C) groups is 1. The molecular formula is C17H31IN4O. The summed E-state index contributed by atoms with van der Waals surface area (Å²) in [5.74, 6) is 2.42. The van der Waals surface area contributed by atoms with Crippen LogP contribution < -0.4 is 10.6 Å². The predicted molar refractivity (Wildman–Crippen MR) is 104 cm³/mol. The Balaban J connectivity index is 0.00000192. The fourth-order valence-electron chi connectivity index (χ4n) is 3.54. The van der Waals surface area contributed by atoms with Gasteiger partial charge in [-0.25, -0.2) is 0 Å². The number of nitrogens with one attached hydrogen (secondary N) is 2. The highest BCUT2D eigenvalue weighted by Gasteiger charge is 2.32. The molecule has 1 atom stereocenters. The molecule has 6 heteroatoms. The summed E-state index contributed by atoms with van der Waals surface area (Å²) >= 11 is 0. The van der Waals surface area contributed by atoms with Crippen LogP contribution in [0, 0.1) is 11.8 Å². The number of carbonyl (C=O) groups is 1. The van der Waals surface area contributed by atoms with Gasteiger partial charge < -0.3 is 15.5 Å². The van der Waals surface area contributed by atoms with Crippen LogP contribution in [-0.2, 0) is 4.79 Å². The third-order valence-corrected chi connectivity index (χ3v) is 5.09. The maximum Gasteiger partial charge on any atom is 0.225 e. The van der Waals surface area contributed by atoms with E-state index in [0.717, 1.165) is 57.3 Å². The molecule has 132 valence electrons. The lowest BCUT2D eigenvalue weighted by atomic mass is 10.1. The van der Waals surface area contributed by atoms with E-state index in [1.807, 2.05) is 0 Å². The van der Waals surface area contributed by atoms with E-state index in [9.17, 15) is 4.79 Å². The largest absolute Gasteiger partial charge is 0.357 e. The highest BCUT2D eigenvalue weighted by molar-refractivity contribution is 14.0. The molecule has 3 rings (SSSR count). The minimum atomic E-state index is 0. The lowest BCUT2D eigenvalue weighted by Gasteiger charge is -2.21. The molecule has 0 spiro atoms. The van der Waals surface area contributed by atoms with Gasteiger partial charge in [-0.3, -0.25) is 9.79 Å². The molecule has 0 aromatic rings. The fraction of sp³-hybridized carbons (Fsp3) is 0.882. The Morgan fingerprint density at radius 1 is 1.17 bits per heavy atom. The number of amides is 1. The van der Waals surface area contributed by atoms with E-state index in [4.69, 9.17) is 0 Å². The normalized spacial score (nSPS) is 25.3. The van der Waals surface area contributed by atoms with Crippen molar-refractivity contribution in [3.05, 3.63) is 0 Å². The lowest BCUT2D eigenvalue weighted by molar-refractivity contribution is -0.134. The van der Waals surface area contributed by atoms with Gasteiger partial charge in [0.15, 0.2) is 5.96 Å². The minimum Gasteiger partial charge on any atom is -0.357 e. The number of hydrogen-bond donors (Lipinski definition) is 2. The second kappa shape index (κ2) is 9.08. The van der Waals surface area contributed by atoms with Gasteiger partial charge in [-0.15, -0.1) is 24.0 Å². The highest BCUT2D eigenvalue weighted by Crippen LogP contribution is 2.29. The molecule has 1 unspecified atom stereocenters. The predicted octanol–water partition coefficient (Wildman–Crippen LogP) is 2.36. The summed E-state index contributed by atoms with van der Waals surface area (Å²) in [4.78, 5) is 19.2. The van der Waals surface area contributed by atoms with Crippen molar-refractivity contribution in [3.63, 3.8) is 0 Å². The van der Waals surface area contributed by atoms with Gasteiger partial charge in [-0.05, 0) is 44.9 Å². The van der Waals surface area contributed by atoms with Gasteiger partial charge in [0.05, 0.1) is 0 Å².